The molecule has 2 heterocycles. The molecule has 2 aliphatic carbocycles. The standard InChI is InChI=1S/C53H35N3O/c1-2-14-34(15-3-1)50-54-51(38-30-36-18-12-16-33-17-13-19-37(31-38)49(33)36)56-52(55-50)42-23-5-4-20-39(42)35-28-29-48-46(32-35)53(45-26-10-11-27-47(45)57-48)43-24-8-6-21-40(43)41-22-7-9-25-44(41)53/h1-16,18-32,52H,17H2,(H,54,55,56). The van der Waals surface area contributed by atoms with E-state index >= 15 is 0 Å². The number of ether oxygens (including phenoxy) is 1. The lowest BCUT2D eigenvalue weighted by Crippen LogP contribution is -2.34. The zero-order valence-electron chi connectivity index (χ0n) is 31.0. The van der Waals surface area contributed by atoms with Gasteiger partial charge in [-0.25, -0.2) is 9.98 Å². The first-order valence-corrected chi connectivity index (χ1v) is 19.7. The van der Waals surface area contributed by atoms with E-state index in [-0.39, 0.29) is 0 Å². The van der Waals surface area contributed by atoms with Gasteiger partial charge >= 0.3 is 0 Å². The van der Waals surface area contributed by atoms with E-state index in [0.29, 0.717) is 5.84 Å². The maximum atomic E-state index is 6.76. The number of allylic oxidation sites excluding steroid dienone is 1. The number of rotatable bonds is 4. The summed E-state index contributed by atoms with van der Waals surface area (Å²) in [5.41, 5.74) is 14.7. The van der Waals surface area contributed by atoms with Crippen molar-refractivity contribution in [1.82, 2.24) is 5.32 Å². The van der Waals surface area contributed by atoms with E-state index in [4.69, 9.17) is 14.7 Å². The highest BCUT2D eigenvalue weighted by Crippen LogP contribution is 2.62. The lowest BCUT2D eigenvalue weighted by molar-refractivity contribution is 0.436. The Hall–Kier alpha value is -7.30. The van der Waals surface area contributed by atoms with Crippen LogP contribution in [0.5, 0.6) is 11.5 Å². The van der Waals surface area contributed by atoms with Gasteiger partial charge in [0.15, 0.2) is 5.84 Å². The van der Waals surface area contributed by atoms with Gasteiger partial charge < -0.3 is 10.1 Å². The molecule has 0 aromatic heterocycles. The zero-order chi connectivity index (χ0) is 37.5. The topological polar surface area (TPSA) is 46.0 Å². The molecule has 1 unspecified atom stereocenters. The number of hydrogen-bond acceptors (Lipinski definition) is 4. The van der Waals surface area contributed by atoms with Gasteiger partial charge in [0.2, 0.25) is 0 Å². The van der Waals surface area contributed by atoms with Gasteiger partial charge in [0.05, 0.1) is 5.41 Å². The number of amidine groups is 2. The van der Waals surface area contributed by atoms with E-state index in [1.807, 2.05) is 18.2 Å². The number of para-hydroxylation sites is 1. The van der Waals surface area contributed by atoms with Crippen molar-refractivity contribution < 1.29 is 4.74 Å². The fraction of sp³-hybridized carbons (Fsp3) is 0.0566. The van der Waals surface area contributed by atoms with Crippen molar-refractivity contribution in [2.24, 2.45) is 9.98 Å². The van der Waals surface area contributed by atoms with Crippen LogP contribution in [0.15, 0.2) is 192 Å². The normalized spacial score (nSPS) is 16.4. The Bertz CT molecular complexity index is 3020. The van der Waals surface area contributed by atoms with Crippen LogP contribution < -0.4 is 10.1 Å². The first-order chi connectivity index (χ1) is 28.2. The summed E-state index contributed by atoms with van der Waals surface area (Å²) >= 11 is 0. The van der Waals surface area contributed by atoms with Crippen molar-refractivity contribution in [1.29, 1.82) is 0 Å². The summed E-state index contributed by atoms with van der Waals surface area (Å²) in [6.07, 6.45) is 5.05. The fourth-order valence-corrected chi connectivity index (χ4v) is 9.79. The second-order valence-electron chi connectivity index (χ2n) is 15.3. The first kappa shape index (κ1) is 32.0. The first-order valence-electron chi connectivity index (χ1n) is 19.7. The average Bonchev–Trinajstić information content (AvgIpc) is 3.57. The maximum Gasteiger partial charge on any atom is 0.159 e. The molecule has 8 aromatic rings. The molecule has 4 nitrogen and oxygen atoms in total. The van der Waals surface area contributed by atoms with Gasteiger partial charge in [0, 0.05) is 27.8 Å². The minimum absolute atomic E-state index is 0.396. The van der Waals surface area contributed by atoms with Crippen LogP contribution in [0, 0.1) is 0 Å². The van der Waals surface area contributed by atoms with Crippen molar-refractivity contribution in [3.8, 4) is 33.8 Å². The highest BCUT2D eigenvalue weighted by molar-refractivity contribution is 6.14. The van der Waals surface area contributed by atoms with Crippen LogP contribution in [-0.4, -0.2) is 11.7 Å². The Morgan fingerprint density at radius 3 is 2.07 bits per heavy atom. The van der Waals surface area contributed by atoms with Gasteiger partial charge in [-0.2, -0.15) is 0 Å². The lowest BCUT2D eigenvalue weighted by atomic mass is 9.65. The fourth-order valence-electron chi connectivity index (χ4n) is 9.79. The SMILES string of the molecule is C1=Cc2cc(C3=NC(c4ccccc4)=NC(c4ccccc4-c4ccc5c(c4)C4(c6ccccc6O5)c5ccccc5-c5ccccc54)N3)cc3cccc(c23)C1. The molecule has 4 aliphatic rings. The molecule has 8 aromatic carbocycles. The van der Waals surface area contributed by atoms with Crippen LogP contribution in [0.4, 0.5) is 0 Å². The molecule has 1 spiro atoms. The molecule has 2 aliphatic heterocycles. The highest BCUT2D eigenvalue weighted by Gasteiger charge is 2.51. The van der Waals surface area contributed by atoms with E-state index in [9.17, 15) is 0 Å². The highest BCUT2D eigenvalue weighted by atomic mass is 16.5. The number of nitrogens with one attached hydrogen (secondary N) is 1. The van der Waals surface area contributed by atoms with Crippen LogP contribution in [0.3, 0.4) is 0 Å². The molecule has 12 rings (SSSR count). The van der Waals surface area contributed by atoms with Crippen molar-refractivity contribution in [2.75, 3.05) is 0 Å². The van der Waals surface area contributed by atoms with Crippen LogP contribution in [0.1, 0.15) is 56.2 Å². The molecule has 57 heavy (non-hydrogen) atoms. The molecule has 0 saturated heterocycles. The molecular formula is C53H35N3O. The minimum Gasteiger partial charge on any atom is -0.457 e. The molecule has 0 bridgehead atoms. The number of benzene rings is 8. The van der Waals surface area contributed by atoms with E-state index < -0.39 is 11.6 Å². The molecule has 0 amide bonds. The Balaban J connectivity index is 1.03. The lowest BCUT2D eigenvalue weighted by Gasteiger charge is -2.39. The Kier molecular flexibility index (Phi) is 6.93. The Morgan fingerprint density at radius 1 is 0.544 bits per heavy atom. The number of fused-ring (bicyclic) bond motifs is 9. The van der Waals surface area contributed by atoms with Gasteiger partial charge in [-0.15, -0.1) is 0 Å². The van der Waals surface area contributed by atoms with Crippen molar-refractivity contribution in [3.05, 3.63) is 232 Å². The maximum absolute atomic E-state index is 6.76. The third kappa shape index (κ3) is 4.74. The second-order valence-corrected chi connectivity index (χ2v) is 15.3. The van der Waals surface area contributed by atoms with E-state index in [2.05, 4.69) is 175 Å². The summed E-state index contributed by atoms with van der Waals surface area (Å²) in [6, 6.07) is 63.1. The third-order valence-electron chi connectivity index (χ3n) is 12.2. The number of hydrogen-bond donors (Lipinski definition) is 1. The summed E-state index contributed by atoms with van der Waals surface area (Å²) in [5, 5.41) is 6.35. The summed E-state index contributed by atoms with van der Waals surface area (Å²) in [7, 11) is 0. The summed E-state index contributed by atoms with van der Waals surface area (Å²) in [5.74, 6) is 3.27. The predicted molar refractivity (Wildman–Crippen MR) is 231 cm³/mol. The number of aliphatic imine (C=N–C) groups is 2. The quantitative estimate of drug-likeness (QED) is 0.196. The van der Waals surface area contributed by atoms with E-state index in [1.165, 1.54) is 44.2 Å². The number of nitrogens with zero attached hydrogens (tertiary/aromatic N) is 2. The predicted octanol–water partition coefficient (Wildman–Crippen LogP) is 12.0. The third-order valence-corrected chi connectivity index (χ3v) is 12.2. The van der Waals surface area contributed by atoms with Crippen LogP contribution in [-0.2, 0) is 11.8 Å². The monoisotopic (exact) mass is 729 g/mol. The average molecular weight is 730 g/mol. The van der Waals surface area contributed by atoms with Crippen molar-refractivity contribution in [2.45, 2.75) is 18.0 Å². The molecule has 0 saturated carbocycles. The zero-order valence-corrected chi connectivity index (χ0v) is 31.0. The molecule has 268 valence electrons. The van der Waals surface area contributed by atoms with Crippen LogP contribution in [0.25, 0.3) is 39.1 Å². The molecule has 1 N–H and O–H groups in total. The van der Waals surface area contributed by atoms with Crippen LogP contribution >= 0.6 is 0 Å². The molecular weight excluding hydrogens is 695 g/mol. The largest absolute Gasteiger partial charge is 0.457 e. The van der Waals surface area contributed by atoms with E-state index in [0.717, 1.165) is 62.7 Å². The van der Waals surface area contributed by atoms with Gasteiger partial charge in [-0.3, -0.25) is 0 Å². The summed E-state index contributed by atoms with van der Waals surface area (Å²) < 4.78 is 6.76. The Labute approximate surface area is 331 Å². The van der Waals surface area contributed by atoms with Gasteiger partial charge in [-0.05, 0) is 92.0 Å². The van der Waals surface area contributed by atoms with Gasteiger partial charge in [0.25, 0.3) is 0 Å². The van der Waals surface area contributed by atoms with Crippen molar-refractivity contribution >= 4 is 28.5 Å². The smallest absolute Gasteiger partial charge is 0.159 e. The minimum atomic E-state index is -0.547. The molecule has 0 fully saturated rings. The van der Waals surface area contributed by atoms with Crippen molar-refractivity contribution in [3.63, 3.8) is 0 Å². The van der Waals surface area contributed by atoms with Crippen LogP contribution in [0.2, 0.25) is 0 Å². The summed E-state index contributed by atoms with van der Waals surface area (Å²) in [4.78, 5) is 10.5. The molecule has 1 atom stereocenters. The molecule has 0 radical (unpaired) electrons. The van der Waals surface area contributed by atoms with Gasteiger partial charge in [-0.1, -0.05) is 158 Å². The second kappa shape index (κ2) is 12.4. The summed E-state index contributed by atoms with van der Waals surface area (Å²) in [6.45, 7) is 0. The van der Waals surface area contributed by atoms with E-state index in [1.54, 1.807) is 0 Å². The van der Waals surface area contributed by atoms with Gasteiger partial charge in [0.1, 0.15) is 23.5 Å². The Morgan fingerprint density at radius 2 is 1.25 bits per heavy atom. The molecule has 4 heteroatoms.